The highest BCUT2D eigenvalue weighted by Crippen LogP contribution is 2.38. The van der Waals surface area contributed by atoms with Gasteiger partial charge in [-0.2, -0.15) is 0 Å². The van der Waals surface area contributed by atoms with E-state index in [-0.39, 0.29) is 18.5 Å². The lowest BCUT2D eigenvalue weighted by Crippen LogP contribution is -2.44. The predicted octanol–water partition coefficient (Wildman–Crippen LogP) is 2.99. The molecule has 2 aromatic rings. The number of carbonyl (C=O) groups excluding carboxylic acids is 3. The second-order valence-electron chi connectivity index (χ2n) is 9.18. The minimum atomic E-state index is -1.25. The Morgan fingerprint density at radius 1 is 1.09 bits per heavy atom. The summed E-state index contributed by atoms with van der Waals surface area (Å²) >= 11 is 0. The molecule has 0 spiro atoms. The Bertz CT molecular complexity index is 1150. The second-order valence-corrected chi connectivity index (χ2v) is 9.18. The first-order valence-corrected chi connectivity index (χ1v) is 11.9. The van der Waals surface area contributed by atoms with Crippen LogP contribution in [0.2, 0.25) is 0 Å². The summed E-state index contributed by atoms with van der Waals surface area (Å²) in [6, 6.07) is 12.0. The molecule has 2 saturated heterocycles. The summed E-state index contributed by atoms with van der Waals surface area (Å²) in [5.74, 6) is 1.33. The van der Waals surface area contributed by atoms with Crippen LogP contribution in [-0.2, 0) is 15.1 Å². The lowest BCUT2D eigenvalue weighted by atomic mass is 9.92. The lowest BCUT2D eigenvalue weighted by molar-refractivity contribution is -0.139. The molecule has 35 heavy (non-hydrogen) atoms. The van der Waals surface area contributed by atoms with Gasteiger partial charge in [-0.3, -0.25) is 14.5 Å². The summed E-state index contributed by atoms with van der Waals surface area (Å²) in [7, 11) is 1.56. The van der Waals surface area contributed by atoms with Gasteiger partial charge in [-0.25, -0.2) is 4.79 Å². The molecule has 2 aromatic carbocycles. The topological polar surface area (TPSA) is 97.4 Å². The van der Waals surface area contributed by atoms with Crippen molar-refractivity contribution in [3.63, 3.8) is 0 Å². The number of hydrogen-bond donors (Lipinski definition) is 1. The Hall–Kier alpha value is -3.75. The highest BCUT2D eigenvalue weighted by atomic mass is 16.5. The molecule has 0 radical (unpaired) electrons. The molecule has 9 heteroatoms. The van der Waals surface area contributed by atoms with Gasteiger partial charge in [0.05, 0.1) is 26.4 Å². The zero-order valence-corrected chi connectivity index (χ0v) is 19.9. The third-order valence-corrected chi connectivity index (χ3v) is 6.97. The summed E-state index contributed by atoms with van der Waals surface area (Å²) in [5.41, 5.74) is 0.334. The van der Waals surface area contributed by atoms with E-state index in [0.29, 0.717) is 42.6 Å². The average molecular weight is 480 g/mol. The monoisotopic (exact) mass is 479 g/mol. The minimum Gasteiger partial charge on any atom is -0.497 e. The Kier molecular flexibility index (Phi) is 6.00. The van der Waals surface area contributed by atoms with Crippen LogP contribution in [0.15, 0.2) is 42.5 Å². The number of methoxy groups -OCH3 is 1. The molecule has 184 valence electrons. The fourth-order valence-corrected chi connectivity index (χ4v) is 4.99. The molecule has 2 fully saturated rings. The Labute approximate surface area is 203 Å². The van der Waals surface area contributed by atoms with Crippen molar-refractivity contribution in [1.29, 1.82) is 0 Å². The molecule has 3 aliphatic heterocycles. The van der Waals surface area contributed by atoms with Crippen molar-refractivity contribution < 1.29 is 28.6 Å². The van der Waals surface area contributed by atoms with E-state index < -0.39 is 17.5 Å². The standard InChI is InChI=1S/C26H29N3O6/c1-26(18-7-9-19(33-2)10-8-18)24(31)29(25(32)27-26)16-23(30)28-12-3-5-20(28)17-6-11-21-22(15-17)35-14-4-13-34-21/h6-11,15,20H,3-5,12-14,16H2,1-2H3,(H,27,32)/t20-,26+/m1/s1. The molecule has 9 nitrogen and oxygen atoms in total. The van der Waals surface area contributed by atoms with Crippen molar-refractivity contribution in [2.24, 2.45) is 0 Å². The van der Waals surface area contributed by atoms with E-state index in [9.17, 15) is 14.4 Å². The molecule has 4 amide bonds. The molecule has 0 bridgehead atoms. The maximum atomic E-state index is 13.3. The van der Waals surface area contributed by atoms with Gasteiger partial charge >= 0.3 is 6.03 Å². The van der Waals surface area contributed by atoms with Crippen LogP contribution in [0, 0.1) is 0 Å². The summed E-state index contributed by atoms with van der Waals surface area (Å²) < 4.78 is 16.7. The van der Waals surface area contributed by atoms with Gasteiger partial charge in [0.15, 0.2) is 11.5 Å². The van der Waals surface area contributed by atoms with E-state index in [1.807, 2.05) is 18.2 Å². The van der Waals surface area contributed by atoms with Gasteiger partial charge in [-0.1, -0.05) is 18.2 Å². The van der Waals surface area contributed by atoms with Gasteiger partial charge in [-0.05, 0) is 55.2 Å². The summed E-state index contributed by atoms with van der Waals surface area (Å²) in [4.78, 5) is 42.2. The molecular formula is C26H29N3O6. The number of hydrogen-bond acceptors (Lipinski definition) is 6. The Morgan fingerprint density at radius 3 is 2.57 bits per heavy atom. The smallest absolute Gasteiger partial charge is 0.325 e. The summed E-state index contributed by atoms with van der Waals surface area (Å²) in [6.45, 7) is 3.11. The van der Waals surface area contributed by atoms with E-state index in [1.165, 1.54) is 0 Å². The average Bonchev–Trinajstić information content (AvgIpc) is 3.34. The number of ether oxygens (including phenoxy) is 3. The predicted molar refractivity (Wildman–Crippen MR) is 126 cm³/mol. The number of imide groups is 1. The SMILES string of the molecule is COc1ccc([C@]2(C)NC(=O)N(CC(=O)N3CCC[C@@H]3c3ccc4c(c3)OCCCO4)C2=O)cc1. The number of benzene rings is 2. The van der Waals surface area contributed by atoms with Crippen LogP contribution >= 0.6 is 0 Å². The largest absolute Gasteiger partial charge is 0.497 e. The molecule has 3 heterocycles. The van der Waals surface area contributed by atoms with Crippen molar-refractivity contribution in [3.8, 4) is 17.2 Å². The number of urea groups is 1. The molecular weight excluding hydrogens is 450 g/mol. The summed E-state index contributed by atoms with van der Waals surface area (Å²) in [5, 5.41) is 2.76. The van der Waals surface area contributed by atoms with Crippen molar-refractivity contribution in [2.75, 3.05) is 33.4 Å². The first-order valence-electron chi connectivity index (χ1n) is 11.9. The van der Waals surface area contributed by atoms with E-state index >= 15 is 0 Å². The van der Waals surface area contributed by atoms with Crippen LogP contribution in [0.3, 0.4) is 0 Å². The third-order valence-electron chi connectivity index (χ3n) is 6.97. The quantitative estimate of drug-likeness (QED) is 0.663. The first kappa shape index (κ1) is 23.0. The number of amides is 4. The fourth-order valence-electron chi connectivity index (χ4n) is 4.99. The number of nitrogens with one attached hydrogen (secondary N) is 1. The van der Waals surface area contributed by atoms with Gasteiger partial charge < -0.3 is 24.4 Å². The molecule has 1 N–H and O–H groups in total. The van der Waals surface area contributed by atoms with Gasteiger partial charge in [-0.15, -0.1) is 0 Å². The number of likely N-dealkylation sites (tertiary alicyclic amines) is 1. The minimum absolute atomic E-state index is 0.145. The Balaban J connectivity index is 1.32. The third kappa shape index (κ3) is 4.15. The zero-order valence-electron chi connectivity index (χ0n) is 19.9. The first-order chi connectivity index (χ1) is 16.9. The molecule has 0 saturated carbocycles. The van der Waals surface area contributed by atoms with E-state index in [0.717, 1.165) is 29.7 Å². The van der Waals surface area contributed by atoms with Crippen LogP contribution in [0.1, 0.15) is 43.4 Å². The Morgan fingerprint density at radius 2 is 1.83 bits per heavy atom. The second kappa shape index (κ2) is 9.13. The van der Waals surface area contributed by atoms with Crippen LogP contribution in [0.4, 0.5) is 4.79 Å². The number of nitrogens with zero attached hydrogens (tertiary/aromatic N) is 2. The lowest BCUT2D eigenvalue weighted by Gasteiger charge is -2.27. The van der Waals surface area contributed by atoms with Crippen molar-refractivity contribution in [1.82, 2.24) is 15.1 Å². The van der Waals surface area contributed by atoms with Crippen LogP contribution < -0.4 is 19.5 Å². The van der Waals surface area contributed by atoms with Gasteiger partial charge in [0.2, 0.25) is 5.91 Å². The maximum absolute atomic E-state index is 13.3. The van der Waals surface area contributed by atoms with Crippen LogP contribution in [0.5, 0.6) is 17.2 Å². The summed E-state index contributed by atoms with van der Waals surface area (Å²) in [6.07, 6.45) is 2.46. The zero-order chi connectivity index (χ0) is 24.6. The van der Waals surface area contributed by atoms with E-state index in [4.69, 9.17) is 14.2 Å². The molecule has 0 unspecified atom stereocenters. The molecule has 5 rings (SSSR count). The highest BCUT2D eigenvalue weighted by molar-refractivity contribution is 6.09. The van der Waals surface area contributed by atoms with Crippen molar-refractivity contribution in [3.05, 3.63) is 53.6 Å². The van der Waals surface area contributed by atoms with Crippen molar-refractivity contribution in [2.45, 2.75) is 37.8 Å². The van der Waals surface area contributed by atoms with Gasteiger partial charge in [0.25, 0.3) is 5.91 Å². The number of rotatable bonds is 5. The molecule has 0 aliphatic carbocycles. The van der Waals surface area contributed by atoms with Gasteiger partial charge in [0, 0.05) is 13.0 Å². The molecule has 2 atom stereocenters. The highest BCUT2D eigenvalue weighted by Gasteiger charge is 2.50. The number of carbonyl (C=O) groups is 3. The van der Waals surface area contributed by atoms with Crippen LogP contribution in [-0.4, -0.2) is 61.1 Å². The van der Waals surface area contributed by atoms with Crippen LogP contribution in [0.25, 0.3) is 0 Å². The van der Waals surface area contributed by atoms with E-state index in [1.54, 1.807) is 43.2 Å². The fraction of sp³-hybridized carbons (Fsp3) is 0.423. The van der Waals surface area contributed by atoms with E-state index in [2.05, 4.69) is 5.32 Å². The van der Waals surface area contributed by atoms with Gasteiger partial charge in [0.1, 0.15) is 17.8 Å². The molecule has 0 aromatic heterocycles. The molecule has 3 aliphatic rings. The van der Waals surface area contributed by atoms with Crippen molar-refractivity contribution >= 4 is 17.8 Å². The number of fused-ring (bicyclic) bond motifs is 1. The normalized spacial score (nSPS) is 23.8. The maximum Gasteiger partial charge on any atom is 0.325 e.